The van der Waals surface area contributed by atoms with Gasteiger partial charge in [0.25, 0.3) is 0 Å². The second kappa shape index (κ2) is 5.81. The Bertz CT molecular complexity index is 596. The summed E-state index contributed by atoms with van der Waals surface area (Å²) in [6.45, 7) is 1.91. The van der Waals surface area contributed by atoms with Crippen LogP contribution in [0, 0.1) is 5.82 Å². The zero-order chi connectivity index (χ0) is 14.8. The lowest BCUT2D eigenvalue weighted by Crippen LogP contribution is -2.36. The van der Waals surface area contributed by atoms with Gasteiger partial charge in [0.1, 0.15) is 11.6 Å². The van der Waals surface area contributed by atoms with E-state index in [0.29, 0.717) is 17.2 Å². The van der Waals surface area contributed by atoms with E-state index < -0.39 is 5.54 Å². The minimum absolute atomic E-state index is 0.257. The molecule has 0 amide bonds. The molecule has 2 rings (SSSR count). The molecule has 106 valence electrons. The SMILES string of the molecule is COc1ccc(Cl)cc1C(C)(N)Cc1ccc(F)cc1. The van der Waals surface area contributed by atoms with Gasteiger partial charge in [-0.05, 0) is 49.2 Å². The first-order chi connectivity index (χ1) is 9.42. The van der Waals surface area contributed by atoms with Gasteiger partial charge in [0.15, 0.2) is 0 Å². The van der Waals surface area contributed by atoms with Gasteiger partial charge in [-0.15, -0.1) is 0 Å². The molecule has 2 nitrogen and oxygen atoms in total. The summed E-state index contributed by atoms with van der Waals surface area (Å²) in [6, 6.07) is 11.7. The normalized spacial score (nSPS) is 13.8. The lowest BCUT2D eigenvalue weighted by atomic mass is 9.86. The monoisotopic (exact) mass is 293 g/mol. The molecule has 0 radical (unpaired) electrons. The van der Waals surface area contributed by atoms with Gasteiger partial charge in [0, 0.05) is 16.1 Å². The molecule has 20 heavy (non-hydrogen) atoms. The fourth-order valence-electron chi connectivity index (χ4n) is 2.25. The fraction of sp³-hybridized carbons (Fsp3) is 0.250. The number of ether oxygens (including phenoxy) is 1. The van der Waals surface area contributed by atoms with E-state index in [9.17, 15) is 4.39 Å². The van der Waals surface area contributed by atoms with Crippen molar-refractivity contribution in [3.05, 3.63) is 64.4 Å². The van der Waals surface area contributed by atoms with Crippen LogP contribution in [0.3, 0.4) is 0 Å². The Morgan fingerprint density at radius 1 is 1.20 bits per heavy atom. The number of rotatable bonds is 4. The number of hydrogen-bond acceptors (Lipinski definition) is 2. The predicted molar refractivity (Wildman–Crippen MR) is 79.6 cm³/mol. The van der Waals surface area contributed by atoms with E-state index in [2.05, 4.69) is 0 Å². The molecule has 2 aromatic rings. The van der Waals surface area contributed by atoms with E-state index >= 15 is 0 Å². The van der Waals surface area contributed by atoms with Gasteiger partial charge < -0.3 is 10.5 Å². The number of halogens is 2. The van der Waals surface area contributed by atoms with Crippen molar-refractivity contribution in [1.82, 2.24) is 0 Å². The highest BCUT2D eigenvalue weighted by Gasteiger charge is 2.25. The van der Waals surface area contributed by atoms with Gasteiger partial charge in [-0.1, -0.05) is 23.7 Å². The standard InChI is InChI=1S/C16H17ClFNO/c1-16(19,10-11-3-6-13(18)7-4-11)14-9-12(17)5-8-15(14)20-2/h3-9H,10,19H2,1-2H3. The van der Waals surface area contributed by atoms with E-state index in [1.165, 1.54) is 12.1 Å². The lowest BCUT2D eigenvalue weighted by molar-refractivity contribution is 0.386. The van der Waals surface area contributed by atoms with Crippen LogP contribution in [0.1, 0.15) is 18.1 Å². The highest BCUT2D eigenvalue weighted by Crippen LogP contribution is 2.33. The van der Waals surface area contributed by atoms with Gasteiger partial charge in [-0.2, -0.15) is 0 Å². The second-order valence-corrected chi connectivity index (χ2v) is 5.50. The van der Waals surface area contributed by atoms with Crippen molar-refractivity contribution < 1.29 is 9.13 Å². The molecule has 0 fully saturated rings. The molecule has 0 saturated carbocycles. The second-order valence-electron chi connectivity index (χ2n) is 5.07. The van der Waals surface area contributed by atoms with Crippen LogP contribution >= 0.6 is 11.6 Å². The molecule has 0 spiro atoms. The Balaban J connectivity index is 2.34. The Labute approximate surface area is 123 Å². The zero-order valence-corrected chi connectivity index (χ0v) is 12.2. The van der Waals surface area contributed by atoms with Crippen molar-refractivity contribution in [3.63, 3.8) is 0 Å². The third-order valence-corrected chi connectivity index (χ3v) is 3.50. The van der Waals surface area contributed by atoms with Crippen molar-refractivity contribution in [3.8, 4) is 5.75 Å². The average Bonchev–Trinajstić information content (AvgIpc) is 2.41. The highest BCUT2D eigenvalue weighted by molar-refractivity contribution is 6.30. The Hall–Kier alpha value is -1.58. The summed E-state index contributed by atoms with van der Waals surface area (Å²) >= 11 is 6.04. The van der Waals surface area contributed by atoms with Gasteiger partial charge >= 0.3 is 0 Å². The van der Waals surface area contributed by atoms with Crippen molar-refractivity contribution >= 4 is 11.6 Å². The number of methoxy groups -OCH3 is 1. The van der Waals surface area contributed by atoms with E-state index in [1.807, 2.05) is 13.0 Å². The molecule has 0 aliphatic heterocycles. The van der Waals surface area contributed by atoms with Crippen LogP contribution in [-0.4, -0.2) is 7.11 Å². The Morgan fingerprint density at radius 2 is 1.85 bits per heavy atom. The third kappa shape index (κ3) is 3.30. The molecular formula is C16H17ClFNO. The van der Waals surface area contributed by atoms with Crippen molar-refractivity contribution in [2.75, 3.05) is 7.11 Å². The van der Waals surface area contributed by atoms with Gasteiger partial charge in [-0.25, -0.2) is 4.39 Å². The van der Waals surface area contributed by atoms with Crippen molar-refractivity contribution in [2.24, 2.45) is 5.73 Å². The maximum absolute atomic E-state index is 12.9. The first-order valence-corrected chi connectivity index (χ1v) is 6.67. The van der Waals surface area contributed by atoms with Crippen molar-refractivity contribution in [1.29, 1.82) is 0 Å². The summed E-state index contributed by atoms with van der Waals surface area (Å²) in [7, 11) is 1.60. The van der Waals surface area contributed by atoms with E-state index in [-0.39, 0.29) is 5.82 Å². The van der Waals surface area contributed by atoms with Crippen LogP contribution in [0.5, 0.6) is 5.75 Å². The fourth-order valence-corrected chi connectivity index (χ4v) is 2.42. The minimum Gasteiger partial charge on any atom is -0.496 e. The Morgan fingerprint density at radius 3 is 2.45 bits per heavy atom. The van der Waals surface area contributed by atoms with Crippen LogP contribution in [-0.2, 0) is 12.0 Å². The minimum atomic E-state index is -0.659. The summed E-state index contributed by atoms with van der Waals surface area (Å²) in [6.07, 6.45) is 0.560. The van der Waals surface area contributed by atoms with Gasteiger partial charge in [0.05, 0.1) is 7.11 Å². The number of nitrogens with two attached hydrogens (primary N) is 1. The van der Waals surface area contributed by atoms with E-state index in [4.69, 9.17) is 22.1 Å². The molecule has 2 N–H and O–H groups in total. The molecule has 1 atom stereocenters. The van der Waals surface area contributed by atoms with Crippen LogP contribution in [0.25, 0.3) is 0 Å². The summed E-state index contributed by atoms with van der Waals surface area (Å²) < 4.78 is 18.3. The maximum Gasteiger partial charge on any atom is 0.124 e. The highest BCUT2D eigenvalue weighted by atomic mass is 35.5. The van der Waals surface area contributed by atoms with Crippen LogP contribution in [0.4, 0.5) is 4.39 Å². The zero-order valence-electron chi connectivity index (χ0n) is 11.5. The average molecular weight is 294 g/mol. The first-order valence-electron chi connectivity index (χ1n) is 6.30. The maximum atomic E-state index is 12.9. The molecular weight excluding hydrogens is 277 g/mol. The Kier molecular flexibility index (Phi) is 4.31. The smallest absolute Gasteiger partial charge is 0.124 e. The molecule has 0 aromatic heterocycles. The summed E-state index contributed by atoms with van der Waals surface area (Å²) in [5.74, 6) is 0.439. The molecule has 0 aliphatic rings. The quantitative estimate of drug-likeness (QED) is 0.928. The number of hydrogen-bond donors (Lipinski definition) is 1. The molecule has 1 unspecified atom stereocenters. The largest absolute Gasteiger partial charge is 0.496 e. The topological polar surface area (TPSA) is 35.2 Å². The van der Waals surface area contributed by atoms with E-state index in [1.54, 1.807) is 31.4 Å². The molecule has 4 heteroatoms. The lowest BCUT2D eigenvalue weighted by Gasteiger charge is -2.27. The molecule has 2 aromatic carbocycles. The first kappa shape index (κ1) is 14.8. The number of benzene rings is 2. The third-order valence-electron chi connectivity index (χ3n) is 3.26. The predicted octanol–water partition coefficient (Wildman–Crippen LogP) is 3.90. The van der Waals surface area contributed by atoms with Gasteiger partial charge in [-0.3, -0.25) is 0 Å². The van der Waals surface area contributed by atoms with Crippen LogP contribution in [0.2, 0.25) is 5.02 Å². The van der Waals surface area contributed by atoms with Crippen LogP contribution in [0.15, 0.2) is 42.5 Å². The summed E-state index contributed by atoms with van der Waals surface area (Å²) in [4.78, 5) is 0. The van der Waals surface area contributed by atoms with Gasteiger partial charge in [0.2, 0.25) is 0 Å². The summed E-state index contributed by atoms with van der Waals surface area (Å²) in [5.41, 5.74) is 7.55. The summed E-state index contributed by atoms with van der Waals surface area (Å²) in [5, 5.41) is 0.608. The van der Waals surface area contributed by atoms with Crippen LogP contribution < -0.4 is 10.5 Å². The molecule has 0 bridgehead atoms. The molecule has 0 saturated heterocycles. The molecule has 0 heterocycles. The molecule has 0 aliphatic carbocycles. The van der Waals surface area contributed by atoms with Crippen molar-refractivity contribution in [2.45, 2.75) is 18.9 Å². The van der Waals surface area contributed by atoms with E-state index in [0.717, 1.165) is 11.1 Å².